The summed E-state index contributed by atoms with van der Waals surface area (Å²) in [4.78, 5) is 0. The summed E-state index contributed by atoms with van der Waals surface area (Å²) in [6.45, 7) is 20.5. The van der Waals surface area contributed by atoms with Gasteiger partial charge in [-0.1, -0.05) is 80.0 Å². The maximum absolute atomic E-state index is 10.3. The molecule has 0 saturated carbocycles. The molecule has 156 valence electrons. The van der Waals surface area contributed by atoms with Gasteiger partial charge in [-0.05, 0) is 46.9 Å². The molecule has 0 heterocycles. The summed E-state index contributed by atoms with van der Waals surface area (Å²) in [6.07, 6.45) is 0. The van der Waals surface area contributed by atoms with Crippen molar-refractivity contribution in [3.63, 3.8) is 0 Å². The Morgan fingerprint density at radius 1 is 0.571 bits per heavy atom. The van der Waals surface area contributed by atoms with Gasteiger partial charge in [0.1, 0.15) is 17.2 Å². The highest BCUT2D eigenvalue weighted by atomic mass is 16.3. The highest BCUT2D eigenvalue weighted by Gasteiger charge is 2.26. The van der Waals surface area contributed by atoms with E-state index >= 15 is 0 Å². The van der Waals surface area contributed by atoms with Crippen molar-refractivity contribution in [2.75, 3.05) is 0 Å². The zero-order valence-corrected chi connectivity index (χ0v) is 19.2. The SMILES string of the molecule is CC(C)(C)c1cc(O)cc(C(C)(C)C)c1O.Cc1ccc(O)c(C(C)(C)C)c1. The van der Waals surface area contributed by atoms with Crippen LogP contribution >= 0.6 is 0 Å². The Bertz CT molecular complexity index is 778. The fourth-order valence-corrected chi connectivity index (χ4v) is 3.01. The Morgan fingerprint density at radius 3 is 1.29 bits per heavy atom. The highest BCUT2D eigenvalue weighted by molar-refractivity contribution is 5.51. The molecule has 2 aromatic rings. The fraction of sp³-hybridized carbons (Fsp3) is 0.520. The molecule has 2 aromatic carbocycles. The molecule has 0 amide bonds. The van der Waals surface area contributed by atoms with Crippen molar-refractivity contribution in [1.29, 1.82) is 0 Å². The Morgan fingerprint density at radius 2 is 0.964 bits per heavy atom. The molecule has 3 heteroatoms. The summed E-state index contributed by atoms with van der Waals surface area (Å²) in [7, 11) is 0. The first kappa shape index (κ1) is 23.9. The van der Waals surface area contributed by atoms with Crippen molar-refractivity contribution in [2.45, 2.75) is 85.5 Å². The molecule has 0 bridgehead atoms. The van der Waals surface area contributed by atoms with Gasteiger partial charge in [0.25, 0.3) is 0 Å². The predicted molar refractivity (Wildman–Crippen MR) is 119 cm³/mol. The lowest BCUT2D eigenvalue weighted by Gasteiger charge is -2.27. The second-order valence-corrected chi connectivity index (χ2v) is 10.7. The van der Waals surface area contributed by atoms with E-state index in [0.717, 1.165) is 16.7 Å². The summed E-state index contributed by atoms with van der Waals surface area (Å²) >= 11 is 0. The van der Waals surface area contributed by atoms with Crippen LogP contribution in [0.25, 0.3) is 0 Å². The van der Waals surface area contributed by atoms with Gasteiger partial charge in [-0.2, -0.15) is 0 Å². The van der Waals surface area contributed by atoms with Crippen molar-refractivity contribution in [3.05, 3.63) is 52.6 Å². The standard InChI is InChI=1S/C14H22O2.C11H16O/c1-13(2,3)10-7-9(15)8-11(12(10)16)14(4,5)6;1-8-5-6-10(12)9(7-8)11(2,3)4/h7-8,15-16H,1-6H3;5-7,12H,1-4H3. The second kappa shape index (κ2) is 8.06. The van der Waals surface area contributed by atoms with Crippen LogP contribution in [0, 0.1) is 6.92 Å². The molecule has 0 radical (unpaired) electrons. The van der Waals surface area contributed by atoms with Gasteiger partial charge in [0.05, 0.1) is 0 Å². The van der Waals surface area contributed by atoms with E-state index in [9.17, 15) is 15.3 Å². The molecule has 2 rings (SSSR count). The molecule has 0 aliphatic carbocycles. The second-order valence-electron chi connectivity index (χ2n) is 10.7. The van der Waals surface area contributed by atoms with Gasteiger partial charge in [-0.15, -0.1) is 0 Å². The third kappa shape index (κ3) is 6.19. The number of hydrogen-bond donors (Lipinski definition) is 3. The molecule has 3 nitrogen and oxygen atoms in total. The number of aryl methyl sites for hydroxylation is 1. The predicted octanol–water partition coefficient (Wildman–Crippen LogP) is 6.69. The van der Waals surface area contributed by atoms with E-state index < -0.39 is 0 Å². The van der Waals surface area contributed by atoms with Crippen LogP contribution < -0.4 is 0 Å². The maximum Gasteiger partial charge on any atom is 0.123 e. The third-order valence-corrected chi connectivity index (χ3v) is 4.67. The molecule has 0 saturated heterocycles. The zero-order chi connectivity index (χ0) is 22.1. The molecule has 0 aliphatic heterocycles. The van der Waals surface area contributed by atoms with Crippen LogP contribution in [0.15, 0.2) is 30.3 Å². The first-order chi connectivity index (χ1) is 12.4. The van der Waals surface area contributed by atoms with Crippen molar-refractivity contribution >= 4 is 0 Å². The smallest absolute Gasteiger partial charge is 0.123 e. The van der Waals surface area contributed by atoms with E-state index in [4.69, 9.17) is 0 Å². The summed E-state index contributed by atoms with van der Waals surface area (Å²) in [5, 5.41) is 29.6. The average Bonchev–Trinajstić information content (AvgIpc) is 2.49. The number of phenolic OH excluding ortho intramolecular Hbond substituents is 3. The van der Waals surface area contributed by atoms with Crippen LogP contribution in [-0.2, 0) is 16.2 Å². The van der Waals surface area contributed by atoms with Crippen molar-refractivity contribution in [1.82, 2.24) is 0 Å². The topological polar surface area (TPSA) is 60.7 Å². The Labute approximate surface area is 171 Å². The van der Waals surface area contributed by atoms with E-state index in [2.05, 4.69) is 20.8 Å². The molecule has 0 atom stereocenters. The fourth-order valence-electron chi connectivity index (χ4n) is 3.01. The van der Waals surface area contributed by atoms with Crippen LogP contribution in [0.5, 0.6) is 17.2 Å². The lowest BCUT2D eigenvalue weighted by molar-refractivity contribution is 0.413. The van der Waals surface area contributed by atoms with E-state index in [1.807, 2.05) is 60.6 Å². The van der Waals surface area contributed by atoms with E-state index in [-0.39, 0.29) is 22.0 Å². The molecule has 0 aliphatic rings. The molecule has 3 N–H and O–H groups in total. The first-order valence-corrected chi connectivity index (χ1v) is 9.81. The van der Waals surface area contributed by atoms with Crippen LogP contribution in [0.3, 0.4) is 0 Å². The number of rotatable bonds is 0. The van der Waals surface area contributed by atoms with Gasteiger partial charge in [-0.25, -0.2) is 0 Å². The van der Waals surface area contributed by atoms with Crippen molar-refractivity contribution in [3.8, 4) is 17.2 Å². The molecule has 0 aromatic heterocycles. The van der Waals surface area contributed by atoms with Gasteiger partial charge in [0, 0.05) is 11.1 Å². The quantitative estimate of drug-likeness (QED) is 0.442. The summed E-state index contributed by atoms with van der Waals surface area (Å²) in [5.74, 6) is 0.915. The van der Waals surface area contributed by atoms with Gasteiger partial charge in [0.15, 0.2) is 0 Å². The number of benzene rings is 2. The molecule has 0 spiro atoms. The van der Waals surface area contributed by atoms with Crippen LogP contribution in [0.4, 0.5) is 0 Å². The average molecular weight is 387 g/mol. The molecule has 28 heavy (non-hydrogen) atoms. The maximum atomic E-state index is 10.3. The third-order valence-electron chi connectivity index (χ3n) is 4.67. The summed E-state index contributed by atoms with van der Waals surface area (Å²) in [5.41, 5.74) is 3.46. The van der Waals surface area contributed by atoms with Crippen LogP contribution in [0.2, 0.25) is 0 Å². The van der Waals surface area contributed by atoms with Gasteiger partial charge in [-0.3, -0.25) is 0 Å². The zero-order valence-electron chi connectivity index (χ0n) is 19.2. The molecule has 0 unspecified atom stereocenters. The van der Waals surface area contributed by atoms with E-state index in [0.29, 0.717) is 11.5 Å². The minimum Gasteiger partial charge on any atom is -0.508 e. The Hall–Kier alpha value is -2.16. The largest absolute Gasteiger partial charge is 0.508 e. The summed E-state index contributed by atoms with van der Waals surface area (Å²) < 4.78 is 0. The lowest BCUT2D eigenvalue weighted by Crippen LogP contribution is -2.16. The van der Waals surface area contributed by atoms with Crippen LogP contribution in [-0.4, -0.2) is 15.3 Å². The monoisotopic (exact) mass is 386 g/mol. The van der Waals surface area contributed by atoms with Gasteiger partial charge in [0.2, 0.25) is 0 Å². The van der Waals surface area contributed by atoms with Crippen LogP contribution in [0.1, 0.15) is 84.6 Å². The minimum absolute atomic E-state index is 0.0239. The Balaban J connectivity index is 0.000000292. The minimum atomic E-state index is -0.178. The van der Waals surface area contributed by atoms with E-state index in [1.165, 1.54) is 5.56 Å². The Kier molecular flexibility index (Phi) is 6.88. The highest BCUT2D eigenvalue weighted by Crippen LogP contribution is 2.41. The van der Waals surface area contributed by atoms with Crippen molar-refractivity contribution in [2.24, 2.45) is 0 Å². The summed E-state index contributed by atoms with van der Waals surface area (Å²) in [6, 6.07) is 9.00. The lowest BCUT2D eigenvalue weighted by atomic mass is 9.79. The number of hydrogen-bond acceptors (Lipinski definition) is 3. The van der Waals surface area contributed by atoms with E-state index in [1.54, 1.807) is 18.2 Å². The molecular weight excluding hydrogens is 348 g/mol. The van der Waals surface area contributed by atoms with Gasteiger partial charge >= 0.3 is 0 Å². The number of aromatic hydroxyl groups is 3. The molecule has 0 fully saturated rings. The first-order valence-electron chi connectivity index (χ1n) is 9.81. The normalized spacial score (nSPS) is 12.4. The molecular formula is C25H38O3. The van der Waals surface area contributed by atoms with Crippen molar-refractivity contribution < 1.29 is 15.3 Å². The van der Waals surface area contributed by atoms with Gasteiger partial charge < -0.3 is 15.3 Å². The number of phenols is 3.